The number of thioether (sulfide) groups is 1. The van der Waals surface area contributed by atoms with Crippen molar-refractivity contribution in [1.29, 1.82) is 0 Å². The molecule has 26 heavy (non-hydrogen) atoms. The minimum Gasteiger partial charge on any atom is -0.495 e. The van der Waals surface area contributed by atoms with Gasteiger partial charge < -0.3 is 15.0 Å². The van der Waals surface area contributed by atoms with Gasteiger partial charge in [-0.1, -0.05) is 42.2 Å². The van der Waals surface area contributed by atoms with Gasteiger partial charge in [-0.05, 0) is 18.6 Å². The molecule has 1 atom stereocenters. The van der Waals surface area contributed by atoms with Gasteiger partial charge in [-0.25, -0.2) is 0 Å². The molecule has 0 radical (unpaired) electrons. The second-order valence-electron chi connectivity index (χ2n) is 5.79. The number of carbonyl (C=O) groups is 2. The Hall–Kier alpha value is -2.13. The number of ether oxygens (including phenoxy) is 1. The molecule has 9 heteroatoms. The average Bonchev–Trinajstić information content (AvgIpc) is 3.26. The van der Waals surface area contributed by atoms with Crippen LogP contribution in [0.15, 0.2) is 28.6 Å². The SMILES string of the molecule is CCCSc1nnc(NC(=O)[C@H]2CC(=O)N(c3ccccc3OC)C2)s1. The average molecular weight is 393 g/mol. The van der Waals surface area contributed by atoms with Crippen LogP contribution in [0.25, 0.3) is 0 Å². The van der Waals surface area contributed by atoms with Crippen molar-refractivity contribution in [3.8, 4) is 5.75 Å². The van der Waals surface area contributed by atoms with Crippen LogP contribution in [-0.2, 0) is 9.59 Å². The Morgan fingerprint density at radius 1 is 1.42 bits per heavy atom. The van der Waals surface area contributed by atoms with Gasteiger partial charge in [0.25, 0.3) is 0 Å². The number of amides is 2. The van der Waals surface area contributed by atoms with Crippen molar-refractivity contribution in [2.45, 2.75) is 24.1 Å². The number of para-hydroxylation sites is 2. The van der Waals surface area contributed by atoms with Gasteiger partial charge in [0, 0.05) is 18.7 Å². The highest BCUT2D eigenvalue weighted by Crippen LogP contribution is 2.33. The Morgan fingerprint density at radius 3 is 3.00 bits per heavy atom. The number of carbonyl (C=O) groups excluding carboxylic acids is 2. The predicted molar refractivity (Wildman–Crippen MR) is 103 cm³/mol. The van der Waals surface area contributed by atoms with E-state index in [1.54, 1.807) is 29.8 Å². The summed E-state index contributed by atoms with van der Waals surface area (Å²) in [7, 11) is 1.56. The number of nitrogens with one attached hydrogen (secondary N) is 1. The van der Waals surface area contributed by atoms with Crippen molar-refractivity contribution < 1.29 is 14.3 Å². The Balaban J connectivity index is 1.64. The first-order chi connectivity index (χ1) is 12.6. The van der Waals surface area contributed by atoms with Gasteiger partial charge in [0.1, 0.15) is 5.75 Å². The van der Waals surface area contributed by atoms with Crippen LogP contribution in [0.5, 0.6) is 5.75 Å². The van der Waals surface area contributed by atoms with Gasteiger partial charge in [-0.3, -0.25) is 9.59 Å². The van der Waals surface area contributed by atoms with E-state index < -0.39 is 5.92 Å². The second kappa shape index (κ2) is 8.50. The lowest BCUT2D eigenvalue weighted by atomic mass is 10.1. The molecule has 0 aliphatic carbocycles. The van der Waals surface area contributed by atoms with E-state index in [9.17, 15) is 9.59 Å². The zero-order valence-electron chi connectivity index (χ0n) is 14.6. The molecule has 1 aromatic heterocycles. The van der Waals surface area contributed by atoms with E-state index in [2.05, 4.69) is 22.4 Å². The maximum absolute atomic E-state index is 12.5. The number of anilines is 2. The monoisotopic (exact) mass is 392 g/mol. The fourth-order valence-electron chi connectivity index (χ4n) is 2.68. The van der Waals surface area contributed by atoms with Crippen LogP contribution in [0.1, 0.15) is 19.8 Å². The van der Waals surface area contributed by atoms with Gasteiger partial charge in [0.2, 0.25) is 16.9 Å². The number of hydrogen-bond donors (Lipinski definition) is 1. The van der Waals surface area contributed by atoms with Crippen molar-refractivity contribution in [3.05, 3.63) is 24.3 Å². The third-order valence-corrected chi connectivity index (χ3v) is 6.12. The van der Waals surface area contributed by atoms with Crippen LogP contribution in [0.3, 0.4) is 0 Å². The van der Waals surface area contributed by atoms with Gasteiger partial charge >= 0.3 is 0 Å². The first-order valence-electron chi connectivity index (χ1n) is 8.33. The van der Waals surface area contributed by atoms with Crippen LogP contribution in [-0.4, -0.2) is 41.4 Å². The van der Waals surface area contributed by atoms with E-state index in [0.29, 0.717) is 23.1 Å². The topological polar surface area (TPSA) is 84.4 Å². The summed E-state index contributed by atoms with van der Waals surface area (Å²) >= 11 is 2.97. The van der Waals surface area contributed by atoms with Crippen molar-refractivity contribution in [2.24, 2.45) is 5.92 Å². The number of hydrogen-bond acceptors (Lipinski definition) is 7. The Labute approximate surface area is 160 Å². The van der Waals surface area contributed by atoms with E-state index in [0.717, 1.165) is 16.5 Å². The molecule has 7 nitrogen and oxygen atoms in total. The minimum absolute atomic E-state index is 0.0916. The third-order valence-electron chi connectivity index (χ3n) is 3.94. The van der Waals surface area contributed by atoms with Crippen LogP contribution in [0.4, 0.5) is 10.8 Å². The molecular weight excluding hydrogens is 372 g/mol. The van der Waals surface area contributed by atoms with Crippen LogP contribution in [0, 0.1) is 5.92 Å². The lowest BCUT2D eigenvalue weighted by Gasteiger charge is -2.19. The van der Waals surface area contributed by atoms with Crippen LogP contribution in [0.2, 0.25) is 0 Å². The summed E-state index contributed by atoms with van der Waals surface area (Å²) in [4.78, 5) is 26.5. The van der Waals surface area contributed by atoms with Gasteiger partial charge in [-0.2, -0.15) is 0 Å². The van der Waals surface area contributed by atoms with Crippen molar-refractivity contribution in [2.75, 3.05) is 29.6 Å². The molecule has 2 heterocycles. The molecule has 138 valence electrons. The predicted octanol–water partition coefficient (Wildman–Crippen LogP) is 3.04. The zero-order chi connectivity index (χ0) is 18.5. The second-order valence-corrected chi connectivity index (χ2v) is 8.11. The first kappa shape index (κ1) is 18.7. The summed E-state index contributed by atoms with van der Waals surface area (Å²) in [6, 6.07) is 7.30. The maximum atomic E-state index is 12.5. The fourth-order valence-corrected chi connectivity index (χ4v) is 4.36. The highest BCUT2D eigenvalue weighted by Gasteiger charge is 2.36. The van der Waals surface area contributed by atoms with Crippen LogP contribution < -0.4 is 15.0 Å². The minimum atomic E-state index is -0.428. The number of rotatable bonds is 7. The lowest BCUT2D eigenvalue weighted by molar-refractivity contribution is -0.122. The number of aromatic nitrogens is 2. The number of nitrogens with zero attached hydrogens (tertiary/aromatic N) is 3. The molecule has 1 fully saturated rings. The van der Waals surface area contributed by atoms with E-state index in [1.165, 1.54) is 11.3 Å². The fraction of sp³-hybridized carbons (Fsp3) is 0.412. The summed E-state index contributed by atoms with van der Waals surface area (Å²) < 4.78 is 6.15. The molecule has 2 amide bonds. The van der Waals surface area contributed by atoms with Gasteiger partial charge in [-0.15, -0.1) is 10.2 Å². The molecule has 1 saturated heterocycles. The van der Waals surface area contributed by atoms with Crippen molar-refractivity contribution in [1.82, 2.24) is 10.2 Å². The standard InChI is InChI=1S/C17H20N4O3S2/c1-3-8-25-17-20-19-16(26-17)18-15(23)11-9-14(22)21(10-11)12-6-4-5-7-13(12)24-2/h4-7,11H,3,8-10H2,1-2H3,(H,18,19,23)/t11-/m0/s1. The first-order valence-corrected chi connectivity index (χ1v) is 10.1. The Bertz CT molecular complexity index is 796. The number of benzene rings is 1. The molecule has 2 aromatic rings. The highest BCUT2D eigenvalue weighted by atomic mass is 32.2. The lowest BCUT2D eigenvalue weighted by Crippen LogP contribution is -2.28. The van der Waals surface area contributed by atoms with Gasteiger partial charge in [0.05, 0.1) is 18.7 Å². The summed E-state index contributed by atoms with van der Waals surface area (Å²) in [5.74, 6) is 0.852. The number of methoxy groups -OCH3 is 1. The quantitative estimate of drug-likeness (QED) is 0.576. The molecule has 1 aromatic carbocycles. The van der Waals surface area contributed by atoms with E-state index in [4.69, 9.17) is 4.74 Å². The summed E-state index contributed by atoms with van der Waals surface area (Å²) in [5, 5.41) is 11.3. The summed E-state index contributed by atoms with van der Waals surface area (Å²) in [5.41, 5.74) is 0.685. The molecule has 1 aliphatic heterocycles. The molecule has 0 bridgehead atoms. The third kappa shape index (κ3) is 4.16. The maximum Gasteiger partial charge on any atom is 0.231 e. The van der Waals surface area contributed by atoms with Crippen LogP contribution >= 0.6 is 23.1 Å². The van der Waals surface area contributed by atoms with Gasteiger partial charge in [0.15, 0.2) is 4.34 Å². The normalized spacial score (nSPS) is 16.8. The summed E-state index contributed by atoms with van der Waals surface area (Å²) in [6.45, 7) is 2.42. The Kier molecular flexibility index (Phi) is 6.10. The highest BCUT2D eigenvalue weighted by molar-refractivity contribution is 8.01. The van der Waals surface area contributed by atoms with Crippen molar-refractivity contribution in [3.63, 3.8) is 0 Å². The molecule has 3 rings (SSSR count). The van der Waals surface area contributed by atoms with E-state index >= 15 is 0 Å². The van der Waals surface area contributed by atoms with E-state index in [-0.39, 0.29) is 18.2 Å². The Morgan fingerprint density at radius 2 is 2.23 bits per heavy atom. The molecule has 0 unspecified atom stereocenters. The molecule has 0 saturated carbocycles. The summed E-state index contributed by atoms with van der Waals surface area (Å²) in [6.07, 6.45) is 1.22. The smallest absolute Gasteiger partial charge is 0.231 e. The zero-order valence-corrected chi connectivity index (χ0v) is 16.2. The van der Waals surface area contributed by atoms with Crippen molar-refractivity contribution >= 4 is 45.7 Å². The molecule has 1 N–H and O–H groups in total. The molecule has 0 spiro atoms. The molecule has 1 aliphatic rings. The van der Waals surface area contributed by atoms with E-state index in [1.807, 2.05) is 18.2 Å². The molecular formula is C17H20N4O3S2. The largest absolute Gasteiger partial charge is 0.495 e.